The fourth-order valence-electron chi connectivity index (χ4n) is 1.68. The lowest BCUT2D eigenvalue weighted by molar-refractivity contribution is -0.137. The highest BCUT2D eigenvalue weighted by molar-refractivity contribution is 5.85. The summed E-state index contributed by atoms with van der Waals surface area (Å²) < 4.78 is 1.89. The molecule has 2 aromatic rings. The van der Waals surface area contributed by atoms with E-state index in [-0.39, 0.29) is 24.9 Å². The molecule has 0 spiro atoms. The molecule has 0 fully saturated rings. The molecule has 0 saturated carbocycles. The predicted molar refractivity (Wildman–Crippen MR) is 63.9 cm³/mol. The van der Waals surface area contributed by atoms with Crippen LogP contribution < -0.4 is 0 Å². The molecule has 0 saturated heterocycles. The van der Waals surface area contributed by atoms with Crippen LogP contribution >= 0.6 is 12.4 Å². The zero-order chi connectivity index (χ0) is 10.8. The summed E-state index contributed by atoms with van der Waals surface area (Å²) in [5.41, 5.74) is 1.88. The van der Waals surface area contributed by atoms with Gasteiger partial charge in [-0.05, 0) is 19.1 Å². The number of aromatic nitrogens is 2. The molecule has 0 amide bonds. The van der Waals surface area contributed by atoms with E-state index >= 15 is 0 Å². The Morgan fingerprint density at radius 1 is 1.50 bits per heavy atom. The summed E-state index contributed by atoms with van der Waals surface area (Å²) in [5, 5.41) is 8.72. The molecule has 1 unspecified atom stereocenters. The third kappa shape index (κ3) is 2.33. The summed E-state index contributed by atoms with van der Waals surface area (Å²) in [4.78, 5) is 14.8. The second-order valence-corrected chi connectivity index (χ2v) is 3.59. The van der Waals surface area contributed by atoms with Gasteiger partial charge in [-0.2, -0.15) is 0 Å². The average Bonchev–Trinajstić information content (AvgIpc) is 2.59. The second-order valence-electron chi connectivity index (χ2n) is 3.59. The maximum Gasteiger partial charge on any atom is 0.305 e. The molecular formula is C11H13ClN2O2. The van der Waals surface area contributed by atoms with Crippen LogP contribution in [0.5, 0.6) is 0 Å². The highest BCUT2D eigenvalue weighted by atomic mass is 35.5. The minimum atomic E-state index is -0.791. The first-order valence-electron chi connectivity index (χ1n) is 4.82. The lowest BCUT2D eigenvalue weighted by Gasteiger charge is -2.11. The van der Waals surface area contributed by atoms with Gasteiger partial charge < -0.3 is 9.67 Å². The summed E-state index contributed by atoms with van der Waals surface area (Å²) >= 11 is 0. The van der Waals surface area contributed by atoms with Crippen molar-refractivity contribution < 1.29 is 9.90 Å². The number of hydrogen-bond donors (Lipinski definition) is 1. The normalized spacial score (nSPS) is 12.1. The summed E-state index contributed by atoms with van der Waals surface area (Å²) in [6, 6.07) is 7.63. The van der Waals surface area contributed by atoms with Crippen LogP contribution in [0, 0.1) is 0 Å². The fourth-order valence-corrected chi connectivity index (χ4v) is 1.68. The van der Waals surface area contributed by atoms with E-state index in [4.69, 9.17) is 5.11 Å². The Morgan fingerprint density at radius 2 is 2.19 bits per heavy atom. The minimum absolute atomic E-state index is 0. The maximum atomic E-state index is 10.6. The van der Waals surface area contributed by atoms with Gasteiger partial charge in [0.25, 0.3) is 0 Å². The molecule has 2 rings (SSSR count). The van der Waals surface area contributed by atoms with Gasteiger partial charge in [0.1, 0.15) is 0 Å². The first-order valence-corrected chi connectivity index (χ1v) is 4.82. The fraction of sp³-hybridized carbons (Fsp3) is 0.273. The number of rotatable bonds is 3. The van der Waals surface area contributed by atoms with Gasteiger partial charge in [0, 0.05) is 6.04 Å². The van der Waals surface area contributed by atoms with Crippen LogP contribution in [0.1, 0.15) is 19.4 Å². The van der Waals surface area contributed by atoms with E-state index in [1.54, 1.807) is 6.33 Å². The molecular weight excluding hydrogens is 228 g/mol. The van der Waals surface area contributed by atoms with Gasteiger partial charge in [0.15, 0.2) is 0 Å². The predicted octanol–water partition coefficient (Wildman–Crippen LogP) is 2.49. The van der Waals surface area contributed by atoms with Gasteiger partial charge in [-0.1, -0.05) is 12.1 Å². The number of carbonyl (C=O) groups is 1. The lowest BCUT2D eigenvalue weighted by Crippen LogP contribution is -2.09. The van der Waals surface area contributed by atoms with E-state index in [1.807, 2.05) is 35.8 Å². The number of hydrogen-bond acceptors (Lipinski definition) is 2. The van der Waals surface area contributed by atoms with Crippen molar-refractivity contribution in [2.75, 3.05) is 0 Å². The molecule has 0 aliphatic heterocycles. The Hall–Kier alpha value is -1.55. The van der Waals surface area contributed by atoms with Crippen molar-refractivity contribution >= 4 is 29.4 Å². The number of para-hydroxylation sites is 2. The molecule has 16 heavy (non-hydrogen) atoms. The maximum absolute atomic E-state index is 10.6. The quantitative estimate of drug-likeness (QED) is 0.897. The first kappa shape index (κ1) is 12.5. The van der Waals surface area contributed by atoms with Gasteiger partial charge in [0.05, 0.1) is 23.8 Å². The third-order valence-corrected chi connectivity index (χ3v) is 2.43. The van der Waals surface area contributed by atoms with Crippen molar-refractivity contribution in [3.8, 4) is 0 Å². The highest BCUT2D eigenvalue weighted by Gasteiger charge is 2.11. The largest absolute Gasteiger partial charge is 0.481 e. The Balaban J connectivity index is 0.00000128. The molecule has 1 aromatic heterocycles. The van der Waals surface area contributed by atoms with Crippen LogP contribution in [0.2, 0.25) is 0 Å². The lowest BCUT2D eigenvalue weighted by atomic mass is 10.2. The van der Waals surface area contributed by atoms with Crippen LogP contribution in [0.3, 0.4) is 0 Å². The minimum Gasteiger partial charge on any atom is -0.481 e. The monoisotopic (exact) mass is 240 g/mol. The van der Waals surface area contributed by atoms with E-state index in [0.29, 0.717) is 0 Å². The zero-order valence-electron chi connectivity index (χ0n) is 8.83. The van der Waals surface area contributed by atoms with Gasteiger partial charge in [-0.25, -0.2) is 4.98 Å². The summed E-state index contributed by atoms with van der Waals surface area (Å²) in [6.45, 7) is 1.88. The summed E-state index contributed by atoms with van der Waals surface area (Å²) in [5.74, 6) is -0.791. The van der Waals surface area contributed by atoms with Gasteiger partial charge in [0.2, 0.25) is 0 Å². The first-order chi connectivity index (χ1) is 7.18. The molecule has 86 valence electrons. The number of benzene rings is 1. The highest BCUT2D eigenvalue weighted by Crippen LogP contribution is 2.19. The third-order valence-electron chi connectivity index (χ3n) is 2.43. The molecule has 5 heteroatoms. The van der Waals surface area contributed by atoms with E-state index in [2.05, 4.69) is 4.98 Å². The molecule has 0 aliphatic carbocycles. The Kier molecular flexibility index (Phi) is 3.90. The van der Waals surface area contributed by atoms with Gasteiger partial charge >= 0.3 is 5.97 Å². The molecule has 4 nitrogen and oxygen atoms in total. The SMILES string of the molecule is CC(CC(=O)O)n1cnc2ccccc21.Cl. The topological polar surface area (TPSA) is 55.1 Å². The number of carboxylic acids is 1. The van der Waals surface area contributed by atoms with E-state index in [9.17, 15) is 4.79 Å². The molecule has 1 aromatic carbocycles. The Morgan fingerprint density at radius 3 is 2.88 bits per heavy atom. The Labute approximate surface area is 99.3 Å². The van der Waals surface area contributed by atoms with Gasteiger partial charge in [-0.3, -0.25) is 4.79 Å². The van der Waals surface area contributed by atoms with Crippen LogP contribution in [0.25, 0.3) is 11.0 Å². The average molecular weight is 241 g/mol. The van der Waals surface area contributed by atoms with Crippen LogP contribution in [0.4, 0.5) is 0 Å². The zero-order valence-corrected chi connectivity index (χ0v) is 9.65. The number of halogens is 1. The summed E-state index contributed by atoms with van der Waals surface area (Å²) in [7, 11) is 0. The molecule has 0 radical (unpaired) electrons. The Bertz CT molecular complexity index is 495. The molecule has 0 aliphatic rings. The molecule has 1 heterocycles. The summed E-state index contributed by atoms with van der Waals surface area (Å²) in [6.07, 6.45) is 1.80. The number of aliphatic carboxylic acids is 1. The van der Waals surface area contributed by atoms with E-state index < -0.39 is 5.97 Å². The van der Waals surface area contributed by atoms with Crippen molar-refractivity contribution in [2.24, 2.45) is 0 Å². The standard InChI is InChI=1S/C11H12N2O2.ClH/c1-8(6-11(14)15)13-7-12-9-4-2-3-5-10(9)13;/h2-5,7-8H,6H2,1H3,(H,14,15);1H. The van der Waals surface area contributed by atoms with Crippen molar-refractivity contribution in [3.63, 3.8) is 0 Å². The molecule has 1 N–H and O–H groups in total. The van der Waals surface area contributed by atoms with Crippen molar-refractivity contribution in [1.82, 2.24) is 9.55 Å². The van der Waals surface area contributed by atoms with Gasteiger partial charge in [-0.15, -0.1) is 12.4 Å². The van der Waals surface area contributed by atoms with E-state index in [0.717, 1.165) is 11.0 Å². The van der Waals surface area contributed by atoms with Crippen molar-refractivity contribution in [2.45, 2.75) is 19.4 Å². The van der Waals surface area contributed by atoms with E-state index in [1.165, 1.54) is 0 Å². The second kappa shape index (κ2) is 4.99. The number of imidazole rings is 1. The van der Waals surface area contributed by atoms with Crippen molar-refractivity contribution in [1.29, 1.82) is 0 Å². The van der Waals surface area contributed by atoms with Crippen LogP contribution in [0.15, 0.2) is 30.6 Å². The number of fused-ring (bicyclic) bond motifs is 1. The van der Waals surface area contributed by atoms with Crippen LogP contribution in [-0.4, -0.2) is 20.6 Å². The van der Waals surface area contributed by atoms with Crippen molar-refractivity contribution in [3.05, 3.63) is 30.6 Å². The van der Waals surface area contributed by atoms with Crippen LogP contribution in [-0.2, 0) is 4.79 Å². The molecule has 1 atom stereocenters. The smallest absolute Gasteiger partial charge is 0.305 e. The molecule has 0 bridgehead atoms. The number of carboxylic acid groups (broad SMARTS) is 1. The number of nitrogens with zero attached hydrogens (tertiary/aromatic N) is 2.